The van der Waals surface area contributed by atoms with E-state index in [1.807, 2.05) is 91.9 Å². The zero-order valence-electron chi connectivity index (χ0n) is 36.8. The van der Waals surface area contributed by atoms with Crippen LogP contribution in [0.25, 0.3) is 67.4 Å². The fourth-order valence-corrected chi connectivity index (χ4v) is 8.75. The predicted molar refractivity (Wildman–Crippen MR) is 275 cm³/mol. The molecule has 6 nitrogen and oxygen atoms in total. The van der Waals surface area contributed by atoms with Gasteiger partial charge >= 0.3 is 0 Å². The van der Waals surface area contributed by atoms with Gasteiger partial charge in [-0.25, -0.2) is 4.98 Å². The first-order valence-corrected chi connectivity index (χ1v) is 22.2. The molecule has 6 heteroatoms. The Balaban J connectivity index is 1.13. The van der Waals surface area contributed by atoms with Crippen LogP contribution in [0.2, 0.25) is 0 Å². The van der Waals surface area contributed by atoms with E-state index in [1.165, 1.54) is 11.1 Å². The Morgan fingerprint density at radius 1 is 0.530 bits per heavy atom. The van der Waals surface area contributed by atoms with E-state index < -0.39 is 0 Å². The fourth-order valence-electron chi connectivity index (χ4n) is 8.75. The van der Waals surface area contributed by atoms with Gasteiger partial charge in [-0.3, -0.25) is 0 Å². The molecule has 9 aromatic rings. The van der Waals surface area contributed by atoms with Crippen LogP contribution in [0.5, 0.6) is 0 Å². The highest BCUT2D eigenvalue weighted by Gasteiger charge is 2.24. The summed E-state index contributed by atoms with van der Waals surface area (Å²) in [5.74, 6) is 1.51. The first-order chi connectivity index (χ1) is 32.5. The van der Waals surface area contributed by atoms with E-state index in [0.29, 0.717) is 30.7 Å². The van der Waals surface area contributed by atoms with Crippen molar-refractivity contribution in [2.75, 3.05) is 22.9 Å². The van der Waals surface area contributed by atoms with Crippen molar-refractivity contribution in [3.8, 4) is 33.6 Å². The Morgan fingerprint density at radius 2 is 1.03 bits per heavy atom. The van der Waals surface area contributed by atoms with E-state index in [4.69, 9.17) is 19.4 Å². The molecule has 10 rings (SSSR count). The van der Waals surface area contributed by atoms with E-state index in [1.54, 1.807) is 0 Å². The average Bonchev–Trinajstić information content (AvgIpc) is 3.76. The summed E-state index contributed by atoms with van der Waals surface area (Å²) in [6.45, 7) is 16.5. The first kappa shape index (κ1) is 41.4. The van der Waals surface area contributed by atoms with Gasteiger partial charge in [-0.05, 0) is 76.7 Å². The van der Waals surface area contributed by atoms with Crippen molar-refractivity contribution >= 4 is 56.8 Å². The second-order valence-corrected chi connectivity index (χ2v) is 16.1. The van der Waals surface area contributed by atoms with Crippen LogP contribution in [0.4, 0.5) is 23.0 Å². The molecule has 0 radical (unpaired) electrons. The summed E-state index contributed by atoms with van der Waals surface area (Å²) in [6.07, 6.45) is 7.90. The number of furan rings is 1. The molecule has 0 saturated carbocycles. The fraction of sp³-hybridized carbons (Fsp3) is 0.0500. The number of benzene rings is 7. The summed E-state index contributed by atoms with van der Waals surface area (Å²) in [7, 11) is 0. The molecule has 0 saturated heterocycles. The first-order valence-electron chi connectivity index (χ1n) is 22.2. The number of rotatable bonds is 7. The molecule has 0 N–H and O–H groups in total. The lowest BCUT2D eigenvalue weighted by molar-refractivity contribution is 0.574. The van der Waals surface area contributed by atoms with Gasteiger partial charge in [0.15, 0.2) is 11.6 Å². The molecule has 318 valence electrons. The van der Waals surface area contributed by atoms with Crippen LogP contribution in [0.3, 0.4) is 0 Å². The van der Waals surface area contributed by atoms with E-state index in [9.17, 15) is 0 Å². The molecule has 0 aliphatic carbocycles. The van der Waals surface area contributed by atoms with Crippen LogP contribution in [-0.2, 0) is 0 Å². The molecule has 1 aliphatic heterocycles. The van der Waals surface area contributed by atoms with Crippen molar-refractivity contribution in [3.05, 3.63) is 248 Å². The van der Waals surface area contributed by atoms with Crippen molar-refractivity contribution in [2.45, 2.75) is 6.92 Å². The minimum Gasteiger partial charge on any atom is -0.456 e. The molecule has 7 aromatic carbocycles. The Bertz CT molecular complexity index is 3420. The van der Waals surface area contributed by atoms with E-state index >= 15 is 0 Å². The normalized spacial score (nSPS) is 14.2. The second kappa shape index (κ2) is 18.2. The highest BCUT2D eigenvalue weighted by atomic mass is 16.3. The number of para-hydroxylation sites is 3. The molecule has 0 fully saturated rings. The SMILES string of the molecule is C=C/C(c1nc(-c2ccccc2)nc(N2CCN(c3ccc(-c4ccc(-c5ccccc5)cc4)cc3)c3ccccc3C(=C)/C=C\C(=C)c3ccccc32)n1)=c1\c(=C/C)oc2ccccc12. The Hall–Kier alpha value is -8.61. The number of anilines is 4. The summed E-state index contributed by atoms with van der Waals surface area (Å²) in [6, 6.07) is 62.9. The standard InChI is InChI=1S/C60H47N5O/c1-5-49(57-52-25-15-18-28-56(52)66-55(57)6-2)59-61-58(47-21-11-8-12-22-47)62-60(63-59)65-40-39-64(48-37-35-46(36-38-48)45-33-31-44(32-34-45)43-19-9-7-10-20-43)53-26-16-13-23-50(53)41(3)29-30-42(4)51-24-14-17-27-54(51)65/h5-38H,1,3-4,39-40H2,2H3/b30-29-,55-6+,57-49+. The molecule has 0 amide bonds. The molecule has 0 unspecified atom stereocenters. The molecule has 0 spiro atoms. The van der Waals surface area contributed by atoms with Crippen LogP contribution in [0.15, 0.2) is 224 Å². The molecule has 0 bridgehead atoms. The molecule has 3 heterocycles. The third-order valence-electron chi connectivity index (χ3n) is 12.1. The summed E-state index contributed by atoms with van der Waals surface area (Å²) >= 11 is 0. The third-order valence-corrected chi connectivity index (χ3v) is 12.1. The number of aromatic nitrogens is 3. The van der Waals surface area contributed by atoms with Gasteiger partial charge in [-0.15, -0.1) is 0 Å². The van der Waals surface area contributed by atoms with Crippen LogP contribution < -0.4 is 20.4 Å². The third kappa shape index (κ3) is 8.08. The molecular formula is C60H47N5O. The largest absolute Gasteiger partial charge is 0.456 e. The predicted octanol–water partition coefficient (Wildman–Crippen LogP) is 13.4. The molecular weight excluding hydrogens is 807 g/mol. The van der Waals surface area contributed by atoms with Gasteiger partial charge in [0.1, 0.15) is 11.0 Å². The van der Waals surface area contributed by atoms with Gasteiger partial charge in [-0.2, -0.15) is 9.97 Å². The Morgan fingerprint density at radius 3 is 1.64 bits per heavy atom. The minimum atomic E-state index is 0.483. The van der Waals surface area contributed by atoms with Crippen LogP contribution in [0.1, 0.15) is 23.9 Å². The van der Waals surface area contributed by atoms with E-state index in [0.717, 1.165) is 83.2 Å². The van der Waals surface area contributed by atoms with Gasteiger partial charge < -0.3 is 14.2 Å². The van der Waals surface area contributed by atoms with Gasteiger partial charge in [0.05, 0.1) is 5.69 Å². The highest BCUT2D eigenvalue weighted by molar-refractivity contribution is 5.90. The summed E-state index contributed by atoms with van der Waals surface area (Å²) in [4.78, 5) is 20.4. The minimum absolute atomic E-state index is 0.483. The van der Waals surface area contributed by atoms with E-state index in [2.05, 4.69) is 151 Å². The summed E-state index contributed by atoms with van der Waals surface area (Å²) < 4.78 is 6.36. The maximum Gasteiger partial charge on any atom is 0.234 e. The second-order valence-electron chi connectivity index (χ2n) is 16.1. The smallest absolute Gasteiger partial charge is 0.234 e. The lowest BCUT2D eigenvalue weighted by Crippen LogP contribution is -2.32. The maximum atomic E-state index is 6.36. The van der Waals surface area contributed by atoms with Gasteiger partial charge in [0, 0.05) is 57.3 Å². The molecule has 66 heavy (non-hydrogen) atoms. The maximum absolute atomic E-state index is 6.36. The number of hydrogen-bond donors (Lipinski definition) is 0. The van der Waals surface area contributed by atoms with Crippen molar-refractivity contribution in [2.24, 2.45) is 0 Å². The molecule has 0 atom stereocenters. The zero-order chi connectivity index (χ0) is 45.0. The number of nitrogens with zero attached hydrogens (tertiary/aromatic N) is 5. The lowest BCUT2D eigenvalue weighted by atomic mass is 9.98. The van der Waals surface area contributed by atoms with Crippen LogP contribution >= 0.6 is 0 Å². The number of hydrogen-bond acceptors (Lipinski definition) is 6. The molecule has 1 aliphatic rings. The topological polar surface area (TPSA) is 58.3 Å². The van der Waals surface area contributed by atoms with Crippen LogP contribution in [-0.4, -0.2) is 28.0 Å². The van der Waals surface area contributed by atoms with Crippen molar-refractivity contribution < 1.29 is 4.42 Å². The van der Waals surface area contributed by atoms with E-state index in [-0.39, 0.29) is 0 Å². The average molecular weight is 854 g/mol. The zero-order valence-corrected chi connectivity index (χ0v) is 36.8. The molecule has 2 aromatic heterocycles. The van der Waals surface area contributed by atoms with Crippen LogP contribution in [0, 0.1) is 0 Å². The van der Waals surface area contributed by atoms with Gasteiger partial charge in [-0.1, -0.05) is 190 Å². The number of allylic oxidation sites excluding steroid dienone is 5. The highest BCUT2D eigenvalue weighted by Crippen LogP contribution is 2.38. The van der Waals surface area contributed by atoms with Gasteiger partial charge in [0.25, 0.3) is 0 Å². The van der Waals surface area contributed by atoms with Crippen molar-refractivity contribution in [1.29, 1.82) is 0 Å². The summed E-state index contributed by atoms with van der Waals surface area (Å²) in [5.41, 5.74) is 14.5. The van der Waals surface area contributed by atoms with Crippen molar-refractivity contribution in [1.82, 2.24) is 15.0 Å². The number of fused-ring (bicyclic) bond motifs is 3. The quantitative estimate of drug-likeness (QED) is 0.159. The summed E-state index contributed by atoms with van der Waals surface area (Å²) in [5, 5.41) is 1.83. The Kier molecular flexibility index (Phi) is 11.4. The lowest BCUT2D eigenvalue weighted by Gasteiger charge is -2.32. The van der Waals surface area contributed by atoms with Crippen molar-refractivity contribution in [3.63, 3.8) is 0 Å². The monoisotopic (exact) mass is 853 g/mol. The Labute approximate surface area is 385 Å². The van der Waals surface area contributed by atoms with Gasteiger partial charge in [0.2, 0.25) is 5.95 Å².